The maximum absolute atomic E-state index is 5.95. The number of furan rings is 1. The van der Waals surface area contributed by atoms with Crippen molar-refractivity contribution in [2.45, 2.75) is 85.4 Å². The number of hydrogen-bond donors (Lipinski definition) is 3. The smallest absolute Gasteiger partial charge is 0.152 e. The van der Waals surface area contributed by atoms with Crippen molar-refractivity contribution in [2.75, 3.05) is 53.6 Å². The van der Waals surface area contributed by atoms with Crippen LogP contribution in [0, 0.1) is 6.92 Å². The SMILES string of the molecule is CC1CNc2ccc(Cl)cc2O1.CC1Cc2ccncc2O1.CCN1C[C@@H](C)Oc2ccc(Cl)cc21.C[C@@H]1CNc2ccc(Cl)cc2O1.C[C@H]1CNc2ccc(Cl)cc2O1.Cc1cc2ccncc2o1. The van der Waals surface area contributed by atoms with Crippen LogP contribution in [0.5, 0.6) is 28.7 Å². The van der Waals surface area contributed by atoms with Crippen LogP contribution in [0.1, 0.15) is 52.9 Å². The van der Waals surface area contributed by atoms with Crippen molar-refractivity contribution in [2.24, 2.45) is 0 Å². The number of pyridine rings is 2. The van der Waals surface area contributed by atoms with Crippen LogP contribution in [0.25, 0.3) is 11.0 Å². The zero-order valence-corrected chi connectivity index (χ0v) is 43.4. The molecule has 0 spiro atoms. The first kappa shape index (κ1) is 51.9. The Balaban J connectivity index is 0.000000124. The van der Waals surface area contributed by atoms with Gasteiger partial charge in [0.05, 0.1) is 61.3 Å². The number of nitrogens with one attached hydrogen (secondary N) is 3. The highest BCUT2D eigenvalue weighted by molar-refractivity contribution is 6.31. The molecule has 0 amide bonds. The Bertz CT molecular complexity index is 2610. The number of halogens is 4. The first-order valence-electron chi connectivity index (χ1n) is 23.4. The summed E-state index contributed by atoms with van der Waals surface area (Å²) in [5.74, 6) is 5.37. The number of likely N-dealkylation sites (N-methyl/N-ethyl adjacent to an activating group) is 1. The second-order valence-corrected chi connectivity index (χ2v) is 19.1. The summed E-state index contributed by atoms with van der Waals surface area (Å²) in [5.41, 5.74) is 6.33. The third-order valence-corrected chi connectivity index (χ3v) is 12.1. The van der Waals surface area contributed by atoms with Gasteiger partial charge < -0.3 is 49.0 Å². The van der Waals surface area contributed by atoms with Crippen molar-refractivity contribution in [1.82, 2.24) is 9.97 Å². The number of hydrogen-bond acceptors (Lipinski definition) is 12. The molecule has 70 heavy (non-hydrogen) atoms. The predicted octanol–water partition coefficient (Wildman–Crippen LogP) is 14.1. The summed E-state index contributed by atoms with van der Waals surface area (Å²) in [4.78, 5) is 10.2. The molecule has 0 aliphatic carbocycles. The minimum Gasteiger partial charge on any atom is -0.488 e. The van der Waals surface area contributed by atoms with Gasteiger partial charge in [-0.15, -0.1) is 0 Å². The van der Waals surface area contributed by atoms with Crippen LogP contribution in [-0.2, 0) is 6.42 Å². The zero-order valence-electron chi connectivity index (χ0n) is 40.4. The van der Waals surface area contributed by atoms with Crippen LogP contribution in [0.2, 0.25) is 20.1 Å². The van der Waals surface area contributed by atoms with Crippen LogP contribution in [0.15, 0.2) is 120 Å². The van der Waals surface area contributed by atoms with Gasteiger partial charge >= 0.3 is 0 Å². The average Bonchev–Trinajstić information content (AvgIpc) is 3.92. The monoisotopic (exact) mass is 1030 g/mol. The van der Waals surface area contributed by atoms with Gasteiger partial charge in [0, 0.05) is 74.6 Å². The third-order valence-electron chi connectivity index (χ3n) is 11.2. The normalized spacial score (nSPS) is 19.3. The second-order valence-electron chi connectivity index (χ2n) is 17.3. The lowest BCUT2D eigenvalue weighted by Gasteiger charge is -2.34. The van der Waals surface area contributed by atoms with Crippen molar-refractivity contribution in [1.29, 1.82) is 0 Å². The van der Waals surface area contributed by atoms with E-state index in [0.717, 1.165) is 112 Å². The predicted molar refractivity (Wildman–Crippen MR) is 286 cm³/mol. The van der Waals surface area contributed by atoms with Crippen molar-refractivity contribution in [3.8, 4) is 28.7 Å². The fourth-order valence-corrected chi connectivity index (χ4v) is 8.48. The molecule has 5 aliphatic heterocycles. The Kier molecular flexibility index (Phi) is 18.4. The number of ether oxygens (including phenoxy) is 5. The number of fused-ring (bicyclic) bond motifs is 6. The number of aromatic nitrogens is 2. The molecule has 370 valence electrons. The number of aryl methyl sites for hydroxylation is 1. The molecular weight excluding hydrogens is 970 g/mol. The third kappa shape index (κ3) is 14.8. The molecule has 7 aromatic rings. The minimum atomic E-state index is 0.218. The van der Waals surface area contributed by atoms with E-state index in [9.17, 15) is 0 Å². The van der Waals surface area contributed by atoms with E-state index in [-0.39, 0.29) is 24.4 Å². The Labute approximate surface area is 430 Å². The van der Waals surface area contributed by atoms with Gasteiger partial charge in [-0.1, -0.05) is 46.4 Å². The quantitative estimate of drug-likeness (QED) is 0.145. The van der Waals surface area contributed by atoms with Crippen LogP contribution >= 0.6 is 46.4 Å². The van der Waals surface area contributed by atoms with Gasteiger partial charge in [-0.05, 0) is 121 Å². The average molecular weight is 1030 g/mol. The minimum absolute atomic E-state index is 0.218. The summed E-state index contributed by atoms with van der Waals surface area (Å²) in [5, 5.41) is 13.8. The van der Waals surface area contributed by atoms with E-state index in [4.69, 9.17) is 74.5 Å². The summed E-state index contributed by atoms with van der Waals surface area (Å²) in [6.07, 6.45) is 9.34. The lowest BCUT2D eigenvalue weighted by Crippen LogP contribution is -2.38. The first-order valence-corrected chi connectivity index (χ1v) is 24.9. The van der Waals surface area contributed by atoms with Gasteiger partial charge in [-0.3, -0.25) is 9.97 Å². The number of rotatable bonds is 1. The Morgan fingerprint density at radius 2 is 1.00 bits per heavy atom. The molecule has 0 radical (unpaired) electrons. The molecule has 0 saturated carbocycles. The summed E-state index contributed by atoms with van der Waals surface area (Å²) < 4.78 is 33.2. The van der Waals surface area contributed by atoms with Crippen molar-refractivity contribution >= 4 is 80.1 Å². The Hall–Kier alpha value is -5.92. The zero-order chi connectivity index (χ0) is 49.7. The molecule has 16 heteroatoms. The van der Waals surface area contributed by atoms with E-state index >= 15 is 0 Å². The van der Waals surface area contributed by atoms with Crippen LogP contribution in [0.4, 0.5) is 22.7 Å². The largest absolute Gasteiger partial charge is 0.488 e. The topological polar surface area (TPSA) is 124 Å². The molecule has 0 saturated heterocycles. The van der Waals surface area contributed by atoms with Crippen molar-refractivity contribution in [3.63, 3.8) is 0 Å². The van der Waals surface area contributed by atoms with E-state index in [1.807, 2.05) is 119 Å². The highest BCUT2D eigenvalue weighted by Crippen LogP contribution is 2.36. The van der Waals surface area contributed by atoms with E-state index < -0.39 is 0 Å². The molecule has 0 fully saturated rings. The summed E-state index contributed by atoms with van der Waals surface area (Å²) in [7, 11) is 0. The summed E-state index contributed by atoms with van der Waals surface area (Å²) in [6, 6.07) is 28.6. The van der Waals surface area contributed by atoms with Crippen molar-refractivity contribution < 1.29 is 28.1 Å². The highest BCUT2D eigenvalue weighted by atomic mass is 35.5. The standard InChI is InChI=1S/C11H14ClNO.3C9H10ClNO.C8H9NO.C8H7NO/c1-3-13-7-8(2)14-11-5-4-9(12)6-10(11)13;3*1-6-5-11-8-3-2-7(10)4-9(8)12-6;2*1-6-4-7-2-3-9-5-8(7)10-6/h4-6,8H,3,7H2,1-2H3;3*2-4,6,11H,5H2,1H3;2-3,5-6H,4H2,1H3;2-5H,1H3/t8-;2*6-;;;/m110.../s1. The molecule has 4 aromatic carbocycles. The summed E-state index contributed by atoms with van der Waals surface area (Å²) >= 11 is 23.4. The van der Waals surface area contributed by atoms with Gasteiger partial charge in [-0.25, -0.2) is 0 Å². The van der Waals surface area contributed by atoms with E-state index in [0.29, 0.717) is 21.2 Å². The molecule has 8 heterocycles. The molecule has 5 aliphatic rings. The summed E-state index contributed by atoms with van der Waals surface area (Å²) in [6.45, 7) is 18.8. The van der Waals surface area contributed by atoms with Gasteiger partial charge in [0.15, 0.2) is 5.58 Å². The van der Waals surface area contributed by atoms with Gasteiger partial charge in [0.1, 0.15) is 65.0 Å². The molecular formula is C54H60Cl4N6O6. The lowest BCUT2D eigenvalue weighted by atomic mass is 10.2. The highest BCUT2D eigenvalue weighted by Gasteiger charge is 2.22. The maximum Gasteiger partial charge on any atom is 0.152 e. The Morgan fingerprint density at radius 1 is 0.529 bits per heavy atom. The second kappa shape index (κ2) is 24.8. The first-order chi connectivity index (χ1) is 33.7. The number of anilines is 4. The van der Waals surface area contributed by atoms with E-state index in [1.54, 1.807) is 24.8 Å². The van der Waals surface area contributed by atoms with Gasteiger partial charge in [0.25, 0.3) is 0 Å². The molecule has 12 nitrogen and oxygen atoms in total. The molecule has 5 atom stereocenters. The molecule has 12 rings (SSSR count). The Morgan fingerprint density at radius 3 is 1.51 bits per heavy atom. The van der Waals surface area contributed by atoms with Crippen LogP contribution in [-0.4, -0.2) is 73.2 Å². The van der Waals surface area contributed by atoms with E-state index in [2.05, 4.69) is 51.6 Å². The van der Waals surface area contributed by atoms with Gasteiger partial charge in [-0.2, -0.15) is 0 Å². The van der Waals surface area contributed by atoms with Crippen LogP contribution < -0.4 is 44.5 Å². The fraction of sp³-hybridized carbons (Fsp3) is 0.333. The fourth-order valence-electron chi connectivity index (χ4n) is 7.82. The van der Waals surface area contributed by atoms with Crippen LogP contribution in [0.3, 0.4) is 0 Å². The molecule has 3 aromatic heterocycles. The maximum atomic E-state index is 5.95. The molecule has 3 N–H and O–H groups in total. The molecule has 0 bridgehead atoms. The molecule has 2 unspecified atom stereocenters. The number of benzene rings is 4. The van der Waals surface area contributed by atoms with Gasteiger partial charge in [0.2, 0.25) is 0 Å². The number of nitrogens with zero attached hydrogens (tertiary/aromatic N) is 3. The lowest BCUT2D eigenvalue weighted by molar-refractivity contribution is 0.213. The van der Waals surface area contributed by atoms with Crippen molar-refractivity contribution in [3.05, 3.63) is 147 Å². The van der Waals surface area contributed by atoms with E-state index in [1.165, 1.54) is 5.56 Å².